The molecule has 0 aromatic rings. The molecule has 0 N–H and O–H groups in total. The van der Waals surface area contributed by atoms with Crippen molar-refractivity contribution < 1.29 is 9.53 Å². The molecule has 1 unspecified atom stereocenters. The van der Waals surface area contributed by atoms with Crippen molar-refractivity contribution in [2.45, 2.75) is 116 Å². The highest BCUT2D eigenvalue weighted by molar-refractivity contribution is 5.69. The van der Waals surface area contributed by atoms with E-state index in [0.717, 1.165) is 18.8 Å². The Balaban J connectivity index is 2.02. The number of fused-ring (bicyclic) bond motifs is 12. The fourth-order valence-corrected chi connectivity index (χ4v) is 4.58. The molecular weight excluding hydrogens is 284 g/mol. The summed E-state index contributed by atoms with van der Waals surface area (Å²) in [6.07, 6.45) is 20.5. The van der Waals surface area contributed by atoms with Gasteiger partial charge >= 0.3 is 5.97 Å². The summed E-state index contributed by atoms with van der Waals surface area (Å²) in [5.74, 6) is 1.62. The van der Waals surface area contributed by atoms with Gasteiger partial charge < -0.3 is 4.74 Å². The zero-order chi connectivity index (χ0) is 16.3. The fraction of sp³-hybridized carbons (Fsp3) is 0.952. The first-order valence-corrected chi connectivity index (χ1v) is 10.5. The van der Waals surface area contributed by atoms with Crippen LogP contribution in [0.25, 0.3) is 0 Å². The van der Waals surface area contributed by atoms with Crippen LogP contribution in [0.15, 0.2) is 0 Å². The van der Waals surface area contributed by atoms with E-state index >= 15 is 0 Å². The second-order valence-electron chi connectivity index (χ2n) is 7.96. The third-order valence-electron chi connectivity index (χ3n) is 5.99. The van der Waals surface area contributed by atoms with Crippen LogP contribution < -0.4 is 0 Å². The van der Waals surface area contributed by atoms with Crippen molar-refractivity contribution in [1.29, 1.82) is 0 Å². The van der Waals surface area contributed by atoms with Gasteiger partial charge in [-0.1, -0.05) is 71.1 Å². The minimum atomic E-state index is 0.0413. The van der Waals surface area contributed by atoms with Gasteiger partial charge in [0.05, 0.1) is 0 Å². The molecule has 3 aliphatic rings. The third kappa shape index (κ3) is 7.27. The first-order valence-electron chi connectivity index (χ1n) is 10.5. The van der Waals surface area contributed by atoms with Crippen LogP contribution in [0.5, 0.6) is 0 Å². The van der Waals surface area contributed by atoms with E-state index in [0.29, 0.717) is 12.3 Å². The van der Waals surface area contributed by atoms with Crippen LogP contribution in [0.3, 0.4) is 0 Å². The van der Waals surface area contributed by atoms with Gasteiger partial charge in [-0.2, -0.15) is 0 Å². The monoisotopic (exact) mass is 322 g/mol. The summed E-state index contributed by atoms with van der Waals surface area (Å²) in [6.45, 7) is 2.06. The molecule has 1 atom stereocenters. The lowest BCUT2D eigenvalue weighted by Gasteiger charge is -2.29. The fourth-order valence-electron chi connectivity index (χ4n) is 4.58. The second-order valence-corrected chi connectivity index (χ2v) is 7.96. The molecule has 3 aliphatic carbocycles. The average molecular weight is 323 g/mol. The predicted molar refractivity (Wildman–Crippen MR) is 96.4 cm³/mol. The summed E-state index contributed by atoms with van der Waals surface area (Å²) in [5.41, 5.74) is 0. The van der Waals surface area contributed by atoms with Gasteiger partial charge in [0.15, 0.2) is 0 Å². The summed E-state index contributed by atoms with van der Waals surface area (Å²) in [6, 6.07) is 0. The summed E-state index contributed by atoms with van der Waals surface area (Å²) >= 11 is 0. The Morgan fingerprint density at radius 3 is 1.91 bits per heavy atom. The Kier molecular flexibility index (Phi) is 9.07. The number of hydrogen-bond acceptors (Lipinski definition) is 2. The first-order chi connectivity index (χ1) is 11.3. The molecule has 0 heterocycles. The van der Waals surface area contributed by atoms with Crippen LogP contribution in [0, 0.1) is 11.8 Å². The van der Waals surface area contributed by atoms with Crippen molar-refractivity contribution in [3.8, 4) is 0 Å². The summed E-state index contributed by atoms with van der Waals surface area (Å²) in [7, 11) is 0. The van der Waals surface area contributed by atoms with Crippen LogP contribution >= 0.6 is 0 Å². The van der Waals surface area contributed by atoms with E-state index in [1.807, 2.05) is 0 Å². The molecule has 0 saturated heterocycles. The lowest BCUT2D eigenvalue weighted by atomic mass is 9.82. The Hall–Kier alpha value is -0.530. The number of carbonyl (C=O) groups is 1. The number of carbonyl (C=O) groups excluding carboxylic acids is 1. The molecule has 0 spiro atoms. The van der Waals surface area contributed by atoms with Crippen LogP contribution in [-0.4, -0.2) is 12.1 Å². The maximum Gasteiger partial charge on any atom is 0.306 e. The smallest absolute Gasteiger partial charge is 0.306 e. The molecule has 2 heteroatoms. The summed E-state index contributed by atoms with van der Waals surface area (Å²) < 4.78 is 5.95. The van der Waals surface area contributed by atoms with Crippen molar-refractivity contribution in [3.05, 3.63) is 0 Å². The minimum absolute atomic E-state index is 0.0413. The molecule has 0 amide bonds. The SMILES string of the molecule is CCCC(=O)OC1CCCCC2CCCCCC1CCCCC2. The molecule has 0 aromatic heterocycles. The maximum absolute atomic E-state index is 12.0. The minimum Gasteiger partial charge on any atom is -0.462 e. The molecule has 3 saturated carbocycles. The third-order valence-corrected chi connectivity index (χ3v) is 5.99. The normalized spacial score (nSPS) is 31.1. The Labute approximate surface area is 143 Å². The van der Waals surface area contributed by atoms with Crippen molar-refractivity contribution in [2.24, 2.45) is 11.8 Å². The molecule has 2 nitrogen and oxygen atoms in total. The van der Waals surface area contributed by atoms with Gasteiger partial charge in [0, 0.05) is 6.42 Å². The lowest BCUT2D eigenvalue weighted by Crippen LogP contribution is -2.28. The van der Waals surface area contributed by atoms with Crippen LogP contribution in [-0.2, 0) is 9.53 Å². The standard InChI is InChI=1S/C21H38O2/c1-2-11-21(22)23-20-17-10-9-14-18-12-5-3-7-15-19(20)16-8-4-6-13-18/h18-20H,2-17H2,1H3. The van der Waals surface area contributed by atoms with E-state index < -0.39 is 0 Å². The Morgan fingerprint density at radius 1 is 0.783 bits per heavy atom. The maximum atomic E-state index is 12.0. The highest BCUT2D eigenvalue weighted by atomic mass is 16.5. The van der Waals surface area contributed by atoms with E-state index in [2.05, 4.69) is 6.92 Å². The van der Waals surface area contributed by atoms with Gasteiger partial charge in [-0.3, -0.25) is 4.79 Å². The predicted octanol–water partition coefficient (Wildman–Crippen LogP) is 6.42. The van der Waals surface area contributed by atoms with Crippen molar-refractivity contribution >= 4 is 5.97 Å². The average Bonchev–Trinajstić information content (AvgIpc) is 2.50. The second kappa shape index (κ2) is 11.1. The van der Waals surface area contributed by atoms with Gasteiger partial charge in [0.2, 0.25) is 0 Å². The molecule has 0 radical (unpaired) electrons. The number of hydrogen-bond donors (Lipinski definition) is 0. The molecular formula is C21H38O2. The first kappa shape index (κ1) is 18.8. The van der Waals surface area contributed by atoms with Crippen molar-refractivity contribution in [1.82, 2.24) is 0 Å². The zero-order valence-corrected chi connectivity index (χ0v) is 15.4. The van der Waals surface area contributed by atoms with E-state index in [1.54, 1.807) is 0 Å². The molecule has 134 valence electrons. The van der Waals surface area contributed by atoms with E-state index in [1.165, 1.54) is 83.5 Å². The van der Waals surface area contributed by atoms with Gasteiger partial charge in [-0.25, -0.2) is 0 Å². The summed E-state index contributed by atoms with van der Waals surface area (Å²) in [4.78, 5) is 12.0. The number of ether oxygens (including phenoxy) is 1. The molecule has 3 rings (SSSR count). The van der Waals surface area contributed by atoms with E-state index in [-0.39, 0.29) is 12.1 Å². The van der Waals surface area contributed by atoms with Gasteiger partial charge in [0.25, 0.3) is 0 Å². The van der Waals surface area contributed by atoms with Crippen LogP contribution in [0.2, 0.25) is 0 Å². The zero-order valence-electron chi connectivity index (χ0n) is 15.4. The lowest BCUT2D eigenvalue weighted by molar-refractivity contribution is -0.152. The Bertz CT molecular complexity index is 312. The highest BCUT2D eigenvalue weighted by Gasteiger charge is 2.25. The number of rotatable bonds is 3. The molecule has 3 fully saturated rings. The van der Waals surface area contributed by atoms with Crippen molar-refractivity contribution in [2.75, 3.05) is 0 Å². The van der Waals surface area contributed by atoms with E-state index in [9.17, 15) is 4.79 Å². The molecule has 2 bridgehead atoms. The van der Waals surface area contributed by atoms with Gasteiger partial charge in [0.1, 0.15) is 6.10 Å². The summed E-state index contributed by atoms with van der Waals surface area (Å²) in [5, 5.41) is 0. The van der Waals surface area contributed by atoms with Crippen LogP contribution in [0.4, 0.5) is 0 Å². The molecule has 23 heavy (non-hydrogen) atoms. The molecule has 0 aliphatic heterocycles. The van der Waals surface area contributed by atoms with Gasteiger partial charge in [-0.15, -0.1) is 0 Å². The van der Waals surface area contributed by atoms with Crippen molar-refractivity contribution in [3.63, 3.8) is 0 Å². The number of esters is 1. The topological polar surface area (TPSA) is 26.3 Å². The van der Waals surface area contributed by atoms with Crippen LogP contribution in [0.1, 0.15) is 110 Å². The largest absolute Gasteiger partial charge is 0.462 e. The molecule has 0 aromatic carbocycles. The van der Waals surface area contributed by atoms with E-state index in [4.69, 9.17) is 4.74 Å². The Morgan fingerprint density at radius 2 is 1.30 bits per heavy atom. The highest BCUT2D eigenvalue weighted by Crippen LogP contribution is 2.32. The van der Waals surface area contributed by atoms with Gasteiger partial charge in [-0.05, 0) is 43.9 Å². The quantitative estimate of drug-likeness (QED) is 0.560.